The Balaban J connectivity index is 1.47. The van der Waals surface area contributed by atoms with Gasteiger partial charge in [0.25, 0.3) is 0 Å². The monoisotopic (exact) mass is 364 g/mol. The summed E-state index contributed by atoms with van der Waals surface area (Å²) in [6.07, 6.45) is 1.54. The van der Waals surface area contributed by atoms with E-state index in [1.165, 1.54) is 4.68 Å². The van der Waals surface area contributed by atoms with E-state index in [0.717, 1.165) is 17.1 Å². The minimum atomic E-state index is -0.350. The van der Waals surface area contributed by atoms with Crippen LogP contribution in [0.4, 0.5) is 5.95 Å². The number of nitrogens with zero attached hydrogens (tertiary/aromatic N) is 5. The zero-order valence-corrected chi connectivity index (χ0v) is 14.3. The predicted molar refractivity (Wildman–Crippen MR) is 97.1 cm³/mol. The lowest BCUT2D eigenvalue weighted by atomic mass is 10.1. The number of furan rings is 1. The molecule has 0 unspecified atom stereocenters. The molecular weight excluding hydrogens is 348 g/mol. The smallest absolute Gasteiger partial charge is 0.352 e. The summed E-state index contributed by atoms with van der Waals surface area (Å²) in [5.74, 6) is 1.64. The molecule has 4 heterocycles. The second kappa shape index (κ2) is 5.97. The van der Waals surface area contributed by atoms with Crippen molar-refractivity contribution in [2.75, 3.05) is 18.0 Å². The molecule has 2 aromatic heterocycles. The highest BCUT2D eigenvalue weighted by molar-refractivity contribution is 6.14. The van der Waals surface area contributed by atoms with Crippen LogP contribution in [0, 0.1) is 0 Å². The fourth-order valence-electron chi connectivity index (χ4n) is 3.41. The van der Waals surface area contributed by atoms with E-state index in [1.54, 1.807) is 23.0 Å². The molecule has 0 saturated heterocycles. The molecule has 1 N–H and O–H groups in total. The van der Waals surface area contributed by atoms with Crippen molar-refractivity contribution in [3.8, 4) is 5.69 Å². The van der Waals surface area contributed by atoms with Crippen molar-refractivity contribution in [1.29, 1.82) is 0 Å². The van der Waals surface area contributed by atoms with Gasteiger partial charge in [0.05, 0.1) is 25.0 Å². The average Bonchev–Trinajstić information content (AvgIpc) is 3.41. The Bertz CT molecular complexity index is 1110. The lowest BCUT2D eigenvalue weighted by Gasteiger charge is -2.26. The summed E-state index contributed by atoms with van der Waals surface area (Å²) in [7, 11) is 0. The predicted octanol–water partition coefficient (Wildman–Crippen LogP) is 0.524. The number of carbonyl (C=O) groups excluding carboxylic acids is 1. The molecule has 0 spiro atoms. The van der Waals surface area contributed by atoms with Gasteiger partial charge in [-0.15, -0.1) is 5.10 Å². The number of carbonyl (C=O) groups is 1. The maximum Gasteiger partial charge on any atom is 0.352 e. The first-order valence-electron chi connectivity index (χ1n) is 8.63. The third-order valence-electron chi connectivity index (χ3n) is 4.62. The number of aliphatic imine (C=N–C) groups is 1. The van der Waals surface area contributed by atoms with E-state index >= 15 is 0 Å². The van der Waals surface area contributed by atoms with Crippen LogP contribution >= 0.6 is 0 Å². The highest BCUT2D eigenvalue weighted by atomic mass is 16.3. The number of hydrogen-bond acceptors (Lipinski definition) is 6. The van der Waals surface area contributed by atoms with Crippen LogP contribution in [0.2, 0.25) is 0 Å². The molecule has 9 nitrogen and oxygen atoms in total. The first-order valence-corrected chi connectivity index (χ1v) is 8.63. The molecule has 5 rings (SSSR count). The van der Waals surface area contributed by atoms with Crippen LogP contribution in [0.3, 0.4) is 0 Å². The van der Waals surface area contributed by atoms with E-state index in [0.29, 0.717) is 24.8 Å². The maximum absolute atomic E-state index is 12.9. The molecule has 0 saturated carbocycles. The van der Waals surface area contributed by atoms with Crippen LogP contribution in [-0.2, 0) is 17.9 Å². The van der Waals surface area contributed by atoms with Gasteiger partial charge in [-0.05, 0) is 24.3 Å². The van der Waals surface area contributed by atoms with E-state index < -0.39 is 0 Å². The summed E-state index contributed by atoms with van der Waals surface area (Å²) in [4.78, 5) is 31.6. The van der Waals surface area contributed by atoms with E-state index in [2.05, 4.69) is 15.4 Å². The van der Waals surface area contributed by atoms with Crippen LogP contribution in [0.15, 0.2) is 56.9 Å². The molecule has 136 valence electrons. The molecule has 1 aromatic carbocycles. The molecule has 2 aliphatic rings. The Labute approximate surface area is 153 Å². The topological polar surface area (TPSA) is 97.7 Å². The third kappa shape index (κ3) is 2.47. The quantitative estimate of drug-likeness (QED) is 0.728. The van der Waals surface area contributed by atoms with Crippen molar-refractivity contribution in [2.45, 2.75) is 13.1 Å². The van der Waals surface area contributed by atoms with E-state index in [9.17, 15) is 9.59 Å². The number of fused-ring (bicyclic) bond motifs is 6. The highest BCUT2D eigenvalue weighted by Gasteiger charge is 2.34. The fourth-order valence-corrected chi connectivity index (χ4v) is 3.41. The number of hydrogen-bond donors (Lipinski definition) is 1. The summed E-state index contributed by atoms with van der Waals surface area (Å²) in [6, 6.07) is 11.1. The van der Waals surface area contributed by atoms with Gasteiger partial charge < -0.3 is 9.73 Å². The Morgan fingerprint density at radius 1 is 1.22 bits per heavy atom. The maximum atomic E-state index is 12.9. The second-order valence-corrected chi connectivity index (χ2v) is 6.31. The lowest BCUT2D eigenvalue weighted by Crippen LogP contribution is -2.37. The van der Waals surface area contributed by atoms with Crippen LogP contribution < -0.4 is 15.9 Å². The average molecular weight is 364 g/mol. The minimum absolute atomic E-state index is 0.165. The van der Waals surface area contributed by atoms with Gasteiger partial charge in [0.15, 0.2) is 0 Å². The highest BCUT2D eigenvalue weighted by Crippen LogP contribution is 2.29. The first kappa shape index (κ1) is 15.6. The van der Waals surface area contributed by atoms with Crippen molar-refractivity contribution in [2.24, 2.45) is 4.99 Å². The molecule has 1 amide bonds. The summed E-state index contributed by atoms with van der Waals surface area (Å²) < 4.78 is 7.91. The zero-order valence-electron chi connectivity index (χ0n) is 14.3. The molecule has 0 fully saturated rings. The normalized spacial score (nSPS) is 14.4. The molecule has 2 aliphatic heterocycles. The molecule has 9 heteroatoms. The molecule has 0 bridgehead atoms. The van der Waals surface area contributed by atoms with Crippen LogP contribution in [0.1, 0.15) is 11.3 Å². The molecule has 27 heavy (non-hydrogen) atoms. The van der Waals surface area contributed by atoms with Crippen molar-refractivity contribution in [3.05, 3.63) is 64.5 Å². The summed E-state index contributed by atoms with van der Waals surface area (Å²) >= 11 is 0. The van der Waals surface area contributed by atoms with Crippen molar-refractivity contribution in [3.63, 3.8) is 0 Å². The number of anilines is 1. The summed E-state index contributed by atoms with van der Waals surface area (Å²) in [5.41, 5.74) is 1.28. The number of amides is 1. The number of benzene rings is 1. The van der Waals surface area contributed by atoms with Crippen molar-refractivity contribution >= 4 is 17.7 Å². The SMILES string of the molecule is O=C(Cn1nc2n(c1=O)-c1ccccc1C1=NCCN12)NCc1ccco1. The summed E-state index contributed by atoms with van der Waals surface area (Å²) in [5, 5.41) is 7.13. The third-order valence-corrected chi connectivity index (χ3v) is 4.62. The first-order chi connectivity index (χ1) is 13.2. The summed E-state index contributed by atoms with van der Waals surface area (Å²) in [6.45, 7) is 1.40. The zero-order chi connectivity index (χ0) is 18.4. The van der Waals surface area contributed by atoms with Gasteiger partial charge in [-0.25, -0.2) is 14.0 Å². The van der Waals surface area contributed by atoms with Crippen molar-refractivity contribution < 1.29 is 9.21 Å². The molecule has 0 atom stereocenters. The number of para-hydroxylation sites is 1. The van der Waals surface area contributed by atoms with Gasteiger partial charge in [-0.2, -0.15) is 0 Å². The lowest BCUT2D eigenvalue weighted by molar-refractivity contribution is -0.122. The van der Waals surface area contributed by atoms with Gasteiger partial charge in [0, 0.05) is 12.1 Å². The fraction of sp³-hybridized carbons (Fsp3) is 0.222. The Hall–Kier alpha value is -3.62. The van der Waals surface area contributed by atoms with Crippen molar-refractivity contribution in [1.82, 2.24) is 19.7 Å². The molecule has 0 radical (unpaired) electrons. The van der Waals surface area contributed by atoms with Crippen LogP contribution in [0.5, 0.6) is 0 Å². The van der Waals surface area contributed by atoms with Gasteiger partial charge in [0.2, 0.25) is 11.9 Å². The van der Waals surface area contributed by atoms with E-state index in [-0.39, 0.29) is 24.7 Å². The van der Waals surface area contributed by atoms with Crippen LogP contribution in [0.25, 0.3) is 5.69 Å². The second-order valence-electron chi connectivity index (χ2n) is 6.31. The number of rotatable bonds is 4. The van der Waals surface area contributed by atoms with E-state index in [1.807, 2.05) is 29.2 Å². The minimum Gasteiger partial charge on any atom is -0.467 e. The van der Waals surface area contributed by atoms with Crippen LogP contribution in [-0.4, -0.2) is 39.2 Å². The molecular formula is C18H16N6O3. The Morgan fingerprint density at radius 2 is 2.11 bits per heavy atom. The van der Waals surface area contributed by atoms with Gasteiger partial charge in [0.1, 0.15) is 18.1 Å². The largest absolute Gasteiger partial charge is 0.467 e. The Morgan fingerprint density at radius 3 is 2.96 bits per heavy atom. The molecule has 3 aromatic rings. The Kier molecular flexibility index (Phi) is 3.46. The number of aromatic nitrogens is 3. The standard InChI is InChI=1S/C18H16N6O3/c25-15(20-10-12-4-3-9-27-12)11-23-18(26)24-14-6-2-1-5-13(14)16-19-7-8-22(16)17(24)21-23/h1-6,9H,7-8,10-11H2,(H,20,25). The van der Waals surface area contributed by atoms with E-state index in [4.69, 9.17) is 4.42 Å². The molecule has 0 aliphatic carbocycles. The van der Waals surface area contributed by atoms with Gasteiger partial charge in [-0.1, -0.05) is 12.1 Å². The van der Waals surface area contributed by atoms with Gasteiger partial charge >= 0.3 is 5.69 Å². The number of amidine groups is 1. The van der Waals surface area contributed by atoms with Gasteiger partial charge in [-0.3, -0.25) is 14.7 Å². The number of nitrogens with one attached hydrogen (secondary N) is 1.